The van der Waals surface area contributed by atoms with Crippen molar-refractivity contribution >= 4 is 34.2 Å². The Balaban J connectivity index is 2.18. The van der Waals surface area contributed by atoms with Gasteiger partial charge in [0.2, 0.25) is 0 Å². The Morgan fingerprint density at radius 2 is 1.90 bits per heavy atom. The fourth-order valence-electron chi connectivity index (χ4n) is 1.86. The summed E-state index contributed by atoms with van der Waals surface area (Å²) in [5.74, 6) is 0.590. The van der Waals surface area contributed by atoms with Gasteiger partial charge >= 0.3 is 0 Å². The van der Waals surface area contributed by atoms with Gasteiger partial charge in [-0.15, -0.1) is 0 Å². The summed E-state index contributed by atoms with van der Waals surface area (Å²) in [5.41, 5.74) is 2.45. The predicted octanol–water partition coefficient (Wildman–Crippen LogP) is 4.64. The Morgan fingerprint density at radius 3 is 2.57 bits per heavy atom. The van der Waals surface area contributed by atoms with Crippen LogP contribution in [0.4, 0.5) is 5.69 Å². The van der Waals surface area contributed by atoms with Crippen LogP contribution in [-0.4, -0.2) is 12.5 Å². The van der Waals surface area contributed by atoms with Gasteiger partial charge in [-0.2, -0.15) is 0 Å². The van der Waals surface area contributed by atoms with E-state index in [9.17, 15) is 4.79 Å². The Bertz CT molecular complexity index is 623. The lowest BCUT2D eigenvalue weighted by Gasteiger charge is -2.13. The maximum absolute atomic E-state index is 12.3. The van der Waals surface area contributed by atoms with E-state index in [1.54, 1.807) is 0 Å². The second kappa shape index (κ2) is 7.45. The minimum absolute atomic E-state index is 0.128. The van der Waals surface area contributed by atoms with E-state index in [1.165, 1.54) is 0 Å². The van der Waals surface area contributed by atoms with Crippen LogP contribution in [0.1, 0.15) is 29.3 Å². The van der Waals surface area contributed by atoms with E-state index in [2.05, 4.69) is 34.8 Å². The highest BCUT2D eigenvalue weighted by Crippen LogP contribution is 2.26. The molecule has 1 N–H and O–H groups in total. The highest BCUT2D eigenvalue weighted by Gasteiger charge is 2.10. The van der Waals surface area contributed by atoms with Crippen LogP contribution in [0.15, 0.2) is 42.5 Å². The number of nitrogens with one attached hydrogen (secondary N) is 1. The van der Waals surface area contributed by atoms with Crippen LogP contribution >= 0.6 is 22.6 Å². The number of halogens is 1. The fourth-order valence-corrected chi connectivity index (χ4v) is 2.22. The largest absolute Gasteiger partial charge is 0.491 e. The summed E-state index contributed by atoms with van der Waals surface area (Å²) in [6, 6.07) is 13.3. The summed E-state index contributed by atoms with van der Waals surface area (Å²) < 4.78 is 6.81. The summed E-state index contributed by atoms with van der Waals surface area (Å²) in [6.45, 7) is 4.69. The molecule has 0 spiro atoms. The third kappa shape index (κ3) is 4.46. The summed E-state index contributed by atoms with van der Waals surface area (Å²) >= 11 is 2.22. The lowest BCUT2D eigenvalue weighted by molar-refractivity contribution is 0.102. The van der Waals surface area contributed by atoms with Crippen molar-refractivity contribution in [3.8, 4) is 5.75 Å². The normalized spacial score (nSPS) is 10.2. The molecule has 21 heavy (non-hydrogen) atoms. The lowest BCUT2D eigenvalue weighted by Crippen LogP contribution is -2.13. The highest BCUT2D eigenvalue weighted by atomic mass is 127. The lowest BCUT2D eigenvalue weighted by atomic mass is 10.2. The molecule has 1 amide bonds. The molecule has 0 fully saturated rings. The number of carbonyl (C=O) groups excluding carboxylic acids is 1. The molecule has 0 bridgehead atoms. The van der Waals surface area contributed by atoms with E-state index >= 15 is 0 Å². The number of hydrogen-bond donors (Lipinski definition) is 1. The first-order valence-corrected chi connectivity index (χ1v) is 7.98. The molecule has 0 saturated carbocycles. The van der Waals surface area contributed by atoms with Crippen LogP contribution in [0.5, 0.6) is 5.75 Å². The fraction of sp³-hybridized carbons (Fsp3) is 0.235. The third-order valence-electron chi connectivity index (χ3n) is 2.95. The molecular weight excluding hydrogens is 377 g/mol. The zero-order valence-electron chi connectivity index (χ0n) is 12.2. The molecule has 3 nitrogen and oxygen atoms in total. The molecule has 0 radical (unpaired) electrons. The first-order valence-electron chi connectivity index (χ1n) is 6.90. The minimum atomic E-state index is -0.128. The van der Waals surface area contributed by atoms with Crippen molar-refractivity contribution in [3.05, 3.63) is 57.2 Å². The van der Waals surface area contributed by atoms with Crippen molar-refractivity contribution in [1.82, 2.24) is 0 Å². The molecule has 0 atom stereocenters. The molecule has 0 saturated heterocycles. The van der Waals surface area contributed by atoms with Crippen LogP contribution in [0.2, 0.25) is 0 Å². The van der Waals surface area contributed by atoms with Gasteiger partial charge in [-0.25, -0.2) is 0 Å². The molecule has 0 aliphatic heterocycles. The van der Waals surface area contributed by atoms with Crippen LogP contribution in [-0.2, 0) is 0 Å². The van der Waals surface area contributed by atoms with E-state index < -0.39 is 0 Å². The molecule has 4 heteroatoms. The van der Waals surface area contributed by atoms with Crippen molar-refractivity contribution in [1.29, 1.82) is 0 Å². The Labute approximate surface area is 138 Å². The Kier molecular flexibility index (Phi) is 5.61. The molecule has 110 valence electrons. The second-order valence-corrected chi connectivity index (χ2v) is 6.05. The van der Waals surface area contributed by atoms with Crippen molar-refractivity contribution in [2.24, 2.45) is 0 Å². The zero-order chi connectivity index (χ0) is 15.2. The molecule has 0 heterocycles. The first-order chi connectivity index (χ1) is 10.1. The van der Waals surface area contributed by atoms with E-state index in [1.807, 2.05) is 49.4 Å². The predicted molar refractivity (Wildman–Crippen MR) is 94.1 cm³/mol. The number of ether oxygens (including phenoxy) is 1. The van der Waals surface area contributed by atoms with Crippen molar-refractivity contribution in [2.75, 3.05) is 11.9 Å². The molecule has 2 aromatic rings. The van der Waals surface area contributed by atoms with Gasteiger partial charge in [-0.05, 0) is 77.9 Å². The summed E-state index contributed by atoms with van der Waals surface area (Å²) in [4.78, 5) is 12.3. The topological polar surface area (TPSA) is 38.3 Å². The number of anilines is 1. The summed E-state index contributed by atoms with van der Waals surface area (Å²) in [5, 5.41) is 2.92. The molecule has 0 aromatic heterocycles. The van der Waals surface area contributed by atoms with Gasteiger partial charge in [-0.3, -0.25) is 4.79 Å². The molecule has 0 aliphatic carbocycles. The number of rotatable bonds is 5. The minimum Gasteiger partial charge on any atom is -0.491 e. The standard InChI is InChI=1S/C17H18INO2/c1-3-10-21-16-11-12(2)4-9-15(16)19-17(20)13-5-7-14(18)8-6-13/h4-9,11H,3,10H2,1-2H3,(H,19,20). The number of hydrogen-bond acceptors (Lipinski definition) is 2. The van der Waals surface area contributed by atoms with Gasteiger partial charge in [0.25, 0.3) is 5.91 Å². The molecule has 0 unspecified atom stereocenters. The number of carbonyl (C=O) groups is 1. The van der Waals surface area contributed by atoms with E-state index in [0.29, 0.717) is 17.9 Å². The van der Waals surface area contributed by atoms with Crippen LogP contribution in [0.3, 0.4) is 0 Å². The molecule has 0 aliphatic rings. The SMILES string of the molecule is CCCOc1cc(C)ccc1NC(=O)c1ccc(I)cc1. The summed E-state index contributed by atoms with van der Waals surface area (Å²) in [7, 11) is 0. The van der Waals surface area contributed by atoms with Crippen LogP contribution in [0, 0.1) is 10.5 Å². The van der Waals surface area contributed by atoms with Gasteiger partial charge in [0.15, 0.2) is 0 Å². The van der Waals surface area contributed by atoms with Gasteiger partial charge in [0.1, 0.15) is 5.75 Å². The number of aryl methyl sites for hydroxylation is 1. The van der Waals surface area contributed by atoms with E-state index in [0.717, 1.165) is 21.3 Å². The van der Waals surface area contributed by atoms with Crippen LogP contribution < -0.4 is 10.1 Å². The highest BCUT2D eigenvalue weighted by molar-refractivity contribution is 14.1. The van der Waals surface area contributed by atoms with Gasteiger partial charge in [0, 0.05) is 9.13 Å². The Morgan fingerprint density at radius 1 is 1.19 bits per heavy atom. The Hall–Kier alpha value is -1.56. The number of amides is 1. The molecule has 2 rings (SSSR count). The molecule has 2 aromatic carbocycles. The van der Waals surface area contributed by atoms with Crippen molar-refractivity contribution < 1.29 is 9.53 Å². The van der Waals surface area contributed by atoms with E-state index in [4.69, 9.17) is 4.74 Å². The average molecular weight is 395 g/mol. The van der Waals surface area contributed by atoms with Crippen molar-refractivity contribution in [2.45, 2.75) is 20.3 Å². The van der Waals surface area contributed by atoms with Crippen LogP contribution in [0.25, 0.3) is 0 Å². The maximum atomic E-state index is 12.3. The quantitative estimate of drug-likeness (QED) is 0.750. The van der Waals surface area contributed by atoms with Gasteiger partial charge in [0.05, 0.1) is 12.3 Å². The number of benzene rings is 2. The second-order valence-electron chi connectivity index (χ2n) is 4.81. The van der Waals surface area contributed by atoms with Crippen molar-refractivity contribution in [3.63, 3.8) is 0 Å². The maximum Gasteiger partial charge on any atom is 0.255 e. The van der Waals surface area contributed by atoms with Gasteiger partial charge in [-0.1, -0.05) is 13.0 Å². The van der Waals surface area contributed by atoms with Gasteiger partial charge < -0.3 is 10.1 Å². The third-order valence-corrected chi connectivity index (χ3v) is 3.67. The zero-order valence-corrected chi connectivity index (χ0v) is 14.3. The summed E-state index contributed by atoms with van der Waals surface area (Å²) in [6.07, 6.45) is 0.929. The average Bonchev–Trinajstić information content (AvgIpc) is 2.48. The smallest absolute Gasteiger partial charge is 0.255 e. The monoisotopic (exact) mass is 395 g/mol. The van der Waals surface area contributed by atoms with E-state index in [-0.39, 0.29) is 5.91 Å². The molecular formula is C17H18INO2. The first kappa shape index (κ1) is 15.8.